The molecule has 0 atom stereocenters. The van der Waals surface area contributed by atoms with E-state index in [4.69, 9.17) is 0 Å². The Bertz CT molecular complexity index is 2400. The first-order valence-corrected chi connectivity index (χ1v) is 17.7. The van der Waals surface area contributed by atoms with Gasteiger partial charge in [0.15, 0.2) is 0 Å². The molecule has 0 aromatic heterocycles. The van der Waals surface area contributed by atoms with Gasteiger partial charge in [-0.3, -0.25) is 0 Å². The molecular formula is C47H38S. The van der Waals surface area contributed by atoms with Crippen molar-refractivity contribution in [2.24, 2.45) is 0 Å². The Morgan fingerprint density at radius 1 is 0.646 bits per heavy atom. The average Bonchev–Trinajstić information content (AvgIpc) is 3.14. The molecule has 0 bridgehead atoms. The average molecular weight is 635 g/mol. The second kappa shape index (κ2) is 14.2. The van der Waals surface area contributed by atoms with Gasteiger partial charge in [0.1, 0.15) is 0 Å². The lowest BCUT2D eigenvalue weighted by Crippen LogP contribution is -2.01. The van der Waals surface area contributed by atoms with E-state index in [0.717, 1.165) is 6.42 Å². The summed E-state index contributed by atoms with van der Waals surface area (Å²) in [4.78, 5) is 1.30. The Kier molecular flexibility index (Phi) is 9.23. The van der Waals surface area contributed by atoms with Crippen LogP contribution in [0.3, 0.4) is 0 Å². The van der Waals surface area contributed by atoms with Gasteiger partial charge in [-0.25, -0.2) is 0 Å². The lowest BCUT2D eigenvalue weighted by molar-refractivity contribution is 1.28. The zero-order valence-electron chi connectivity index (χ0n) is 27.5. The first-order chi connectivity index (χ1) is 23.6. The minimum absolute atomic E-state index is 0.869. The predicted octanol–water partition coefficient (Wildman–Crippen LogP) is 12.6. The summed E-state index contributed by atoms with van der Waals surface area (Å²) in [5.41, 5.74) is 8.69. The molecule has 0 nitrogen and oxygen atoms in total. The third-order valence-electron chi connectivity index (χ3n) is 9.15. The highest BCUT2D eigenvalue weighted by Crippen LogP contribution is 2.39. The van der Waals surface area contributed by atoms with Gasteiger partial charge in [0, 0.05) is 4.90 Å². The van der Waals surface area contributed by atoms with Crippen LogP contribution >= 0.6 is 11.8 Å². The van der Waals surface area contributed by atoms with Gasteiger partial charge in [0.25, 0.3) is 0 Å². The van der Waals surface area contributed by atoms with E-state index >= 15 is 0 Å². The van der Waals surface area contributed by atoms with E-state index in [0.29, 0.717) is 0 Å². The van der Waals surface area contributed by atoms with Crippen LogP contribution in [0.25, 0.3) is 66.2 Å². The van der Waals surface area contributed by atoms with E-state index in [1.54, 1.807) is 6.08 Å². The van der Waals surface area contributed by atoms with Crippen molar-refractivity contribution in [3.63, 3.8) is 0 Å². The van der Waals surface area contributed by atoms with Gasteiger partial charge in [0.05, 0.1) is 0 Å². The van der Waals surface area contributed by atoms with Crippen molar-refractivity contribution in [3.05, 3.63) is 187 Å². The van der Waals surface area contributed by atoms with E-state index in [1.165, 1.54) is 81.4 Å². The lowest BCUT2D eigenvalue weighted by Gasteiger charge is -2.16. The third kappa shape index (κ3) is 6.30. The van der Waals surface area contributed by atoms with Crippen LogP contribution in [-0.4, -0.2) is 6.26 Å². The molecule has 0 spiro atoms. The van der Waals surface area contributed by atoms with Crippen LogP contribution in [-0.2, 0) is 6.42 Å². The molecule has 0 heterocycles. The van der Waals surface area contributed by atoms with Crippen molar-refractivity contribution < 1.29 is 0 Å². The van der Waals surface area contributed by atoms with Gasteiger partial charge < -0.3 is 0 Å². The SMILES string of the molecule is C=C/C=C\C=C/Cc1cccc2c(-c3cc(/C(C)=C/C=c4/ccc5cccc6cccc4c65)cc(-c4ccccc4)c3)ccc(SC)c12. The summed E-state index contributed by atoms with van der Waals surface area (Å²) in [6, 6.07) is 46.8. The molecule has 0 unspecified atom stereocenters. The maximum absolute atomic E-state index is 3.77. The normalized spacial score (nSPS) is 12.7. The Labute approximate surface area is 288 Å². The Morgan fingerprint density at radius 2 is 1.40 bits per heavy atom. The van der Waals surface area contributed by atoms with Crippen LogP contribution in [0.2, 0.25) is 0 Å². The number of benzene rings is 7. The standard InChI is InChI=1S/C47H38S/c1-4-5-6-7-9-17-37-21-14-23-44-42(28-29-45(48-3)47(37)44)41-31-39(30-40(32-41)34-15-10-8-11-16-34)33(2)24-25-35-26-27-38-19-12-18-36-20-13-22-43(35)46(36)38/h4-16,18-32H,1,17H2,2-3H3/b6-5-,9-7-,33-24+,35-25-. The first-order valence-electron chi connectivity index (χ1n) is 16.5. The topological polar surface area (TPSA) is 0 Å². The molecule has 48 heavy (non-hydrogen) atoms. The fourth-order valence-corrected chi connectivity index (χ4v) is 7.39. The van der Waals surface area contributed by atoms with Gasteiger partial charge in [-0.1, -0.05) is 152 Å². The summed E-state index contributed by atoms with van der Waals surface area (Å²) in [7, 11) is 0. The van der Waals surface area contributed by atoms with Gasteiger partial charge >= 0.3 is 0 Å². The number of hydrogen-bond acceptors (Lipinski definition) is 1. The second-order valence-electron chi connectivity index (χ2n) is 12.1. The molecule has 232 valence electrons. The minimum atomic E-state index is 0.869. The van der Waals surface area contributed by atoms with Crippen LogP contribution in [0.15, 0.2) is 175 Å². The highest BCUT2D eigenvalue weighted by atomic mass is 32.2. The summed E-state index contributed by atoms with van der Waals surface area (Å²) in [6.45, 7) is 6.00. The zero-order chi connectivity index (χ0) is 32.9. The van der Waals surface area contributed by atoms with Crippen molar-refractivity contribution in [3.8, 4) is 22.3 Å². The summed E-state index contributed by atoms with van der Waals surface area (Å²) in [5.74, 6) is 0. The molecule has 0 saturated heterocycles. The molecule has 7 aromatic carbocycles. The molecule has 0 aliphatic carbocycles. The molecule has 7 rings (SSSR count). The fraction of sp³-hybridized carbons (Fsp3) is 0.0638. The van der Waals surface area contributed by atoms with Crippen LogP contribution < -0.4 is 5.22 Å². The first kappa shape index (κ1) is 31.2. The van der Waals surface area contributed by atoms with Crippen LogP contribution in [0.5, 0.6) is 0 Å². The van der Waals surface area contributed by atoms with Crippen LogP contribution in [0.1, 0.15) is 18.1 Å². The van der Waals surface area contributed by atoms with E-state index < -0.39 is 0 Å². The molecular weight excluding hydrogens is 597 g/mol. The van der Waals surface area contributed by atoms with Crippen molar-refractivity contribution in [2.45, 2.75) is 18.2 Å². The van der Waals surface area contributed by atoms with E-state index in [1.807, 2.05) is 23.9 Å². The molecule has 0 aliphatic heterocycles. The maximum atomic E-state index is 3.77. The molecule has 0 N–H and O–H groups in total. The maximum Gasteiger partial charge on any atom is 0.0151 e. The highest BCUT2D eigenvalue weighted by molar-refractivity contribution is 7.98. The molecule has 0 saturated carbocycles. The van der Waals surface area contributed by atoms with Crippen LogP contribution in [0.4, 0.5) is 0 Å². The molecule has 0 aliphatic rings. The van der Waals surface area contributed by atoms with Crippen molar-refractivity contribution >= 4 is 55.7 Å². The van der Waals surface area contributed by atoms with E-state index in [2.05, 4.69) is 171 Å². The fourth-order valence-electron chi connectivity index (χ4n) is 6.74. The molecule has 1 heteroatoms. The van der Waals surface area contributed by atoms with Crippen molar-refractivity contribution in [2.75, 3.05) is 6.26 Å². The number of allylic oxidation sites excluding steroid dienone is 7. The van der Waals surface area contributed by atoms with Crippen molar-refractivity contribution in [1.82, 2.24) is 0 Å². The Hall–Kier alpha value is -5.37. The summed E-state index contributed by atoms with van der Waals surface area (Å²) < 4.78 is 0. The predicted molar refractivity (Wildman–Crippen MR) is 214 cm³/mol. The number of hydrogen-bond donors (Lipinski definition) is 0. The largest absolute Gasteiger partial charge is 0.129 e. The monoisotopic (exact) mass is 634 g/mol. The van der Waals surface area contributed by atoms with Gasteiger partial charge in [-0.2, -0.15) is 0 Å². The molecule has 7 aromatic rings. The van der Waals surface area contributed by atoms with Crippen molar-refractivity contribution in [1.29, 1.82) is 0 Å². The van der Waals surface area contributed by atoms with Gasteiger partial charge in [0.2, 0.25) is 0 Å². The molecule has 0 radical (unpaired) electrons. The smallest absolute Gasteiger partial charge is 0.0151 e. The molecule has 0 fully saturated rings. The second-order valence-corrected chi connectivity index (χ2v) is 13.0. The molecule has 0 amide bonds. The van der Waals surface area contributed by atoms with Crippen LogP contribution in [0, 0.1) is 0 Å². The highest BCUT2D eigenvalue weighted by Gasteiger charge is 2.13. The van der Waals surface area contributed by atoms with E-state index in [-0.39, 0.29) is 0 Å². The zero-order valence-corrected chi connectivity index (χ0v) is 28.3. The lowest BCUT2D eigenvalue weighted by atomic mass is 9.90. The van der Waals surface area contributed by atoms with E-state index in [9.17, 15) is 0 Å². The quantitative estimate of drug-likeness (QED) is 0.112. The minimum Gasteiger partial charge on any atom is -0.129 e. The Morgan fingerprint density at radius 3 is 2.21 bits per heavy atom. The Balaban J connectivity index is 1.38. The summed E-state index contributed by atoms with van der Waals surface area (Å²) >= 11 is 1.81. The summed E-state index contributed by atoms with van der Waals surface area (Å²) in [5, 5.41) is 9.04. The number of rotatable bonds is 9. The van der Waals surface area contributed by atoms with Gasteiger partial charge in [-0.05, 0) is 120 Å². The van der Waals surface area contributed by atoms with Gasteiger partial charge in [-0.15, -0.1) is 11.8 Å². The summed E-state index contributed by atoms with van der Waals surface area (Å²) in [6.07, 6.45) is 17.7. The number of fused-ring (bicyclic) bond motifs is 1. The third-order valence-corrected chi connectivity index (χ3v) is 9.93. The number of thioether (sulfide) groups is 1.